The zero-order valence-corrected chi connectivity index (χ0v) is 14.6. The fourth-order valence-electron chi connectivity index (χ4n) is 4.12. The molecule has 0 radical (unpaired) electrons. The summed E-state index contributed by atoms with van der Waals surface area (Å²) in [5, 5.41) is 7.00. The standard InChI is InChI=1S/C19H25N3O2/c1-18(2)14-9-10-19(18,3)15(11-14)21-22-16(23)12-20-17(24)13-7-5-4-6-8-13/h4-8,14H,9-12H2,1-3H3,(H,20,24)(H,22,23)/b21-15+/t14-,19+/m0/s1. The Morgan fingerprint density at radius 1 is 1.21 bits per heavy atom. The van der Waals surface area contributed by atoms with Crippen LogP contribution < -0.4 is 10.7 Å². The average Bonchev–Trinajstić information content (AvgIpc) is 2.91. The summed E-state index contributed by atoms with van der Waals surface area (Å²) in [6, 6.07) is 8.85. The molecule has 0 saturated heterocycles. The van der Waals surface area contributed by atoms with E-state index in [1.54, 1.807) is 24.3 Å². The number of carbonyl (C=O) groups is 2. The van der Waals surface area contributed by atoms with Gasteiger partial charge in [0, 0.05) is 16.7 Å². The van der Waals surface area contributed by atoms with Gasteiger partial charge < -0.3 is 5.32 Å². The van der Waals surface area contributed by atoms with Crippen molar-refractivity contribution in [3.8, 4) is 0 Å². The van der Waals surface area contributed by atoms with E-state index < -0.39 is 0 Å². The van der Waals surface area contributed by atoms with Gasteiger partial charge >= 0.3 is 0 Å². The van der Waals surface area contributed by atoms with Crippen LogP contribution in [0.25, 0.3) is 0 Å². The largest absolute Gasteiger partial charge is 0.343 e. The van der Waals surface area contributed by atoms with Crippen LogP contribution in [-0.2, 0) is 4.79 Å². The number of fused-ring (bicyclic) bond motifs is 2. The van der Waals surface area contributed by atoms with E-state index >= 15 is 0 Å². The first-order valence-electron chi connectivity index (χ1n) is 8.54. The van der Waals surface area contributed by atoms with Crippen molar-refractivity contribution in [2.75, 3.05) is 6.54 Å². The Bertz CT molecular complexity index is 681. The smallest absolute Gasteiger partial charge is 0.259 e. The zero-order valence-electron chi connectivity index (χ0n) is 14.6. The van der Waals surface area contributed by atoms with Crippen molar-refractivity contribution >= 4 is 17.5 Å². The lowest BCUT2D eigenvalue weighted by Crippen LogP contribution is -2.37. The van der Waals surface area contributed by atoms with Crippen LogP contribution in [0.2, 0.25) is 0 Å². The van der Waals surface area contributed by atoms with Crippen molar-refractivity contribution in [1.29, 1.82) is 0 Å². The number of amides is 2. The Balaban J connectivity index is 1.54. The molecule has 0 aliphatic heterocycles. The van der Waals surface area contributed by atoms with Gasteiger partial charge in [0.25, 0.3) is 11.8 Å². The molecule has 2 aliphatic rings. The predicted molar refractivity (Wildman–Crippen MR) is 93.6 cm³/mol. The average molecular weight is 327 g/mol. The van der Waals surface area contributed by atoms with Crippen molar-refractivity contribution < 1.29 is 9.59 Å². The third-order valence-corrected chi connectivity index (χ3v) is 6.27. The number of rotatable bonds is 4. The molecule has 3 rings (SSSR count). The predicted octanol–water partition coefficient (Wildman–Crippen LogP) is 2.73. The second kappa shape index (κ2) is 6.04. The second-order valence-corrected chi connectivity index (χ2v) is 7.64. The quantitative estimate of drug-likeness (QED) is 0.835. The van der Waals surface area contributed by atoms with Crippen molar-refractivity contribution in [1.82, 2.24) is 10.7 Å². The molecule has 2 aliphatic carbocycles. The molecule has 5 heteroatoms. The lowest BCUT2D eigenvalue weighted by Gasteiger charge is -2.34. The van der Waals surface area contributed by atoms with E-state index in [9.17, 15) is 9.59 Å². The molecule has 24 heavy (non-hydrogen) atoms. The van der Waals surface area contributed by atoms with Gasteiger partial charge in [-0.15, -0.1) is 0 Å². The van der Waals surface area contributed by atoms with Gasteiger partial charge in [-0.2, -0.15) is 5.10 Å². The Morgan fingerprint density at radius 2 is 1.92 bits per heavy atom. The molecule has 0 unspecified atom stereocenters. The van der Waals surface area contributed by atoms with Crippen LogP contribution >= 0.6 is 0 Å². The van der Waals surface area contributed by atoms with E-state index in [0.717, 1.165) is 18.6 Å². The highest BCUT2D eigenvalue weighted by Gasteiger charge is 2.59. The molecule has 0 aromatic heterocycles. The number of nitrogens with zero attached hydrogens (tertiary/aromatic N) is 1. The maximum Gasteiger partial charge on any atom is 0.259 e. The van der Waals surface area contributed by atoms with Crippen molar-refractivity contribution in [3.05, 3.63) is 35.9 Å². The van der Waals surface area contributed by atoms with Gasteiger partial charge in [0.05, 0.1) is 6.54 Å². The number of benzene rings is 1. The van der Waals surface area contributed by atoms with E-state index in [1.165, 1.54) is 6.42 Å². The summed E-state index contributed by atoms with van der Waals surface area (Å²) in [5.74, 6) is 0.0957. The fourth-order valence-corrected chi connectivity index (χ4v) is 4.12. The lowest BCUT2D eigenvalue weighted by molar-refractivity contribution is -0.120. The van der Waals surface area contributed by atoms with Gasteiger partial charge in [0.1, 0.15) is 0 Å². The van der Waals surface area contributed by atoms with Gasteiger partial charge in [-0.3, -0.25) is 9.59 Å². The molecule has 2 fully saturated rings. The summed E-state index contributed by atoms with van der Waals surface area (Å²) in [5.41, 5.74) is 4.55. The zero-order chi connectivity index (χ0) is 17.4. The molecular formula is C19H25N3O2. The number of carbonyl (C=O) groups excluding carboxylic acids is 2. The first-order chi connectivity index (χ1) is 11.3. The van der Waals surface area contributed by atoms with E-state index in [2.05, 4.69) is 36.6 Å². The molecule has 128 valence electrons. The van der Waals surface area contributed by atoms with Gasteiger partial charge in [-0.05, 0) is 42.7 Å². The van der Waals surface area contributed by atoms with Crippen LogP contribution in [0.5, 0.6) is 0 Å². The molecule has 5 nitrogen and oxygen atoms in total. The Labute approximate surface area is 142 Å². The van der Waals surface area contributed by atoms with Gasteiger partial charge in [0.15, 0.2) is 0 Å². The van der Waals surface area contributed by atoms with E-state index in [0.29, 0.717) is 11.5 Å². The molecule has 2 atom stereocenters. The van der Waals surface area contributed by atoms with E-state index in [-0.39, 0.29) is 29.2 Å². The third-order valence-electron chi connectivity index (χ3n) is 6.27. The van der Waals surface area contributed by atoms with Crippen LogP contribution in [0.15, 0.2) is 35.4 Å². The van der Waals surface area contributed by atoms with Crippen LogP contribution in [0.3, 0.4) is 0 Å². The Morgan fingerprint density at radius 3 is 2.50 bits per heavy atom. The van der Waals surface area contributed by atoms with Gasteiger partial charge in [-0.25, -0.2) is 5.43 Å². The molecule has 1 aromatic carbocycles. The number of hydrazone groups is 1. The monoisotopic (exact) mass is 327 g/mol. The van der Waals surface area contributed by atoms with E-state index in [1.807, 2.05) is 6.07 Å². The molecular weight excluding hydrogens is 302 g/mol. The van der Waals surface area contributed by atoms with Crippen LogP contribution in [-0.4, -0.2) is 24.1 Å². The normalized spacial score (nSPS) is 28.8. The summed E-state index contributed by atoms with van der Waals surface area (Å²) >= 11 is 0. The molecule has 2 saturated carbocycles. The summed E-state index contributed by atoms with van der Waals surface area (Å²) < 4.78 is 0. The molecule has 1 aromatic rings. The SMILES string of the molecule is CC1(C)[C@H]2CC[C@]1(C)/C(=N/NC(=O)CNC(=O)c1ccccc1)C2. The van der Waals surface area contributed by atoms with Gasteiger partial charge in [-0.1, -0.05) is 39.0 Å². The van der Waals surface area contributed by atoms with Crippen molar-refractivity contribution in [2.45, 2.75) is 40.0 Å². The maximum absolute atomic E-state index is 12.0. The molecule has 0 spiro atoms. The lowest BCUT2D eigenvalue weighted by atomic mass is 9.70. The highest BCUT2D eigenvalue weighted by molar-refractivity contribution is 5.97. The second-order valence-electron chi connectivity index (χ2n) is 7.64. The van der Waals surface area contributed by atoms with Gasteiger partial charge in [0.2, 0.25) is 0 Å². The first kappa shape index (κ1) is 16.7. The number of nitrogens with one attached hydrogen (secondary N) is 2. The van der Waals surface area contributed by atoms with Crippen molar-refractivity contribution in [3.63, 3.8) is 0 Å². The summed E-state index contributed by atoms with van der Waals surface area (Å²) in [6.45, 7) is 6.78. The minimum absolute atomic E-state index is 0.0677. The topological polar surface area (TPSA) is 70.6 Å². The number of hydrogen-bond acceptors (Lipinski definition) is 3. The maximum atomic E-state index is 12.0. The molecule has 2 amide bonds. The summed E-state index contributed by atoms with van der Waals surface area (Å²) in [4.78, 5) is 23.9. The Hall–Kier alpha value is -2.17. The molecule has 0 heterocycles. The first-order valence-corrected chi connectivity index (χ1v) is 8.54. The number of hydrogen-bond donors (Lipinski definition) is 2. The highest BCUT2D eigenvalue weighted by atomic mass is 16.2. The summed E-state index contributed by atoms with van der Waals surface area (Å²) in [7, 11) is 0. The van der Waals surface area contributed by atoms with Crippen LogP contribution in [0.1, 0.15) is 50.4 Å². The van der Waals surface area contributed by atoms with E-state index in [4.69, 9.17) is 0 Å². The summed E-state index contributed by atoms with van der Waals surface area (Å²) in [6.07, 6.45) is 3.33. The fraction of sp³-hybridized carbons (Fsp3) is 0.526. The highest BCUT2D eigenvalue weighted by Crippen LogP contribution is 2.63. The minimum atomic E-state index is -0.295. The van der Waals surface area contributed by atoms with Crippen LogP contribution in [0, 0.1) is 16.7 Å². The molecule has 2 N–H and O–H groups in total. The minimum Gasteiger partial charge on any atom is -0.343 e. The third kappa shape index (κ3) is 2.72. The molecule has 2 bridgehead atoms. The van der Waals surface area contributed by atoms with Crippen LogP contribution in [0.4, 0.5) is 0 Å². The van der Waals surface area contributed by atoms with Crippen molar-refractivity contribution in [2.24, 2.45) is 21.8 Å². The Kier molecular flexibility index (Phi) is 4.20.